The summed E-state index contributed by atoms with van der Waals surface area (Å²) < 4.78 is 11.4. The van der Waals surface area contributed by atoms with Crippen LogP contribution in [0.1, 0.15) is 44.7 Å². The topological polar surface area (TPSA) is 76.6 Å². The largest absolute Gasteiger partial charge is 0.367 e. The van der Waals surface area contributed by atoms with E-state index in [1.807, 2.05) is 49.9 Å². The van der Waals surface area contributed by atoms with Crippen molar-refractivity contribution in [2.45, 2.75) is 56.9 Å². The maximum Gasteiger partial charge on any atom is 0.238 e. The van der Waals surface area contributed by atoms with E-state index in [-0.39, 0.29) is 18.0 Å². The first kappa shape index (κ1) is 18.5. The van der Waals surface area contributed by atoms with Crippen LogP contribution in [-0.4, -0.2) is 41.2 Å². The summed E-state index contributed by atoms with van der Waals surface area (Å²) in [5.74, 6) is 1.08. The summed E-state index contributed by atoms with van der Waals surface area (Å²) in [7, 11) is 0. The van der Waals surface area contributed by atoms with Crippen molar-refractivity contribution in [1.82, 2.24) is 9.97 Å². The van der Waals surface area contributed by atoms with Gasteiger partial charge in [0.15, 0.2) is 5.79 Å². The van der Waals surface area contributed by atoms with Crippen molar-refractivity contribution in [3.8, 4) is 0 Å². The number of fused-ring (bicyclic) bond motifs is 1. The second-order valence-corrected chi connectivity index (χ2v) is 8.72. The highest BCUT2D eigenvalue weighted by atomic mass is 16.7. The van der Waals surface area contributed by atoms with Gasteiger partial charge in [-0.1, -0.05) is 6.07 Å². The molecule has 0 aromatic carbocycles. The maximum atomic E-state index is 13.0. The number of pyridine rings is 2. The Morgan fingerprint density at radius 2 is 1.86 bits per heavy atom. The third-order valence-electron chi connectivity index (χ3n) is 6.40. The minimum absolute atomic E-state index is 0.141. The van der Waals surface area contributed by atoms with Gasteiger partial charge in [-0.15, -0.1) is 0 Å². The first-order valence-electron chi connectivity index (χ1n) is 10.2. The van der Waals surface area contributed by atoms with Gasteiger partial charge < -0.3 is 14.8 Å². The third-order valence-corrected chi connectivity index (χ3v) is 6.40. The number of nitrogens with zero attached hydrogens (tertiary/aromatic N) is 3. The van der Waals surface area contributed by atoms with E-state index >= 15 is 0 Å². The SMILES string of the molecule is CC1(c2ccc(NC3CC(N4C(=O)C(C)(C)c5cccnc54)C3)nc2)OCCO1. The summed E-state index contributed by atoms with van der Waals surface area (Å²) in [6.07, 6.45) is 5.32. The molecular formula is C22H26N4O3. The number of amides is 1. The molecule has 2 aromatic heterocycles. The molecule has 29 heavy (non-hydrogen) atoms. The molecule has 3 aliphatic rings. The predicted octanol–water partition coefficient (Wildman–Crippen LogP) is 2.96. The number of anilines is 2. The molecule has 1 aliphatic carbocycles. The van der Waals surface area contributed by atoms with Crippen LogP contribution < -0.4 is 10.2 Å². The Balaban J connectivity index is 1.24. The third kappa shape index (κ3) is 2.91. The number of rotatable bonds is 4. The van der Waals surface area contributed by atoms with Crippen molar-refractivity contribution >= 4 is 17.5 Å². The van der Waals surface area contributed by atoms with E-state index in [2.05, 4.69) is 15.3 Å². The lowest BCUT2D eigenvalue weighted by atomic mass is 9.84. The minimum Gasteiger partial charge on any atom is -0.367 e. The van der Waals surface area contributed by atoms with Gasteiger partial charge in [0.2, 0.25) is 5.91 Å². The Morgan fingerprint density at radius 3 is 2.55 bits per heavy atom. The molecule has 0 bridgehead atoms. The molecule has 152 valence electrons. The number of nitrogens with one attached hydrogen (secondary N) is 1. The molecule has 0 spiro atoms. The van der Waals surface area contributed by atoms with Crippen LogP contribution in [0.4, 0.5) is 11.6 Å². The van der Waals surface area contributed by atoms with Gasteiger partial charge in [-0.2, -0.15) is 0 Å². The lowest BCUT2D eigenvalue weighted by Gasteiger charge is -2.41. The number of carbonyl (C=O) groups excluding carboxylic acids is 1. The summed E-state index contributed by atoms with van der Waals surface area (Å²) in [4.78, 5) is 23.9. The zero-order valence-electron chi connectivity index (χ0n) is 17.0. The van der Waals surface area contributed by atoms with Crippen molar-refractivity contribution in [3.63, 3.8) is 0 Å². The summed E-state index contributed by atoms with van der Waals surface area (Å²) in [5, 5.41) is 3.47. The molecule has 7 heteroatoms. The molecule has 0 unspecified atom stereocenters. The van der Waals surface area contributed by atoms with E-state index in [0.717, 1.165) is 35.6 Å². The first-order valence-corrected chi connectivity index (χ1v) is 10.2. The van der Waals surface area contributed by atoms with Gasteiger partial charge >= 0.3 is 0 Å². The van der Waals surface area contributed by atoms with E-state index in [1.165, 1.54) is 0 Å². The fraction of sp³-hybridized carbons (Fsp3) is 0.500. The summed E-state index contributed by atoms with van der Waals surface area (Å²) in [6, 6.07) is 8.33. The molecule has 1 amide bonds. The van der Waals surface area contributed by atoms with Crippen LogP contribution in [0.15, 0.2) is 36.7 Å². The summed E-state index contributed by atoms with van der Waals surface area (Å²) >= 11 is 0. The number of hydrogen-bond acceptors (Lipinski definition) is 6. The monoisotopic (exact) mass is 394 g/mol. The van der Waals surface area contributed by atoms with Gasteiger partial charge in [0.1, 0.15) is 11.6 Å². The van der Waals surface area contributed by atoms with Gasteiger partial charge in [-0.05, 0) is 51.8 Å². The van der Waals surface area contributed by atoms with E-state index in [4.69, 9.17) is 9.47 Å². The molecule has 0 radical (unpaired) electrons. The van der Waals surface area contributed by atoms with Crippen LogP contribution in [-0.2, 0) is 25.5 Å². The molecule has 1 N–H and O–H groups in total. The quantitative estimate of drug-likeness (QED) is 0.859. The van der Waals surface area contributed by atoms with Crippen molar-refractivity contribution in [2.24, 2.45) is 0 Å². The number of hydrogen-bond donors (Lipinski definition) is 1. The van der Waals surface area contributed by atoms with Crippen LogP contribution in [0, 0.1) is 0 Å². The van der Waals surface area contributed by atoms with Gasteiger partial charge in [0.25, 0.3) is 0 Å². The van der Waals surface area contributed by atoms with Crippen LogP contribution >= 0.6 is 0 Å². The first-order chi connectivity index (χ1) is 13.9. The maximum absolute atomic E-state index is 13.0. The average molecular weight is 394 g/mol. The zero-order chi connectivity index (χ0) is 20.2. The number of aromatic nitrogens is 2. The van der Waals surface area contributed by atoms with E-state index in [9.17, 15) is 4.79 Å². The normalized spacial score (nSPS) is 26.9. The zero-order valence-corrected chi connectivity index (χ0v) is 17.0. The van der Waals surface area contributed by atoms with Gasteiger partial charge in [-0.25, -0.2) is 9.97 Å². The molecular weight excluding hydrogens is 368 g/mol. The van der Waals surface area contributed by atoms with E-state index < -0.39 is 11.2 Å². The lowest BCUT2D eigenvalue weighted by Crippen LogP contribution is -2.53. The smallest absolute Gasteiger partial charge is 0.238 e. The molecule has 2 fully saturated rings. The van der Waals surface area contributed by atoms with Gasteiger partial charge in [0, 0.05) is 35.6 Å². The van der Waals surface area contributed by atoms with E-state index in [1.54, 1.807) is 12.4 Å². The molecule has 1 saturated heterocycles. The summed E-state index contributed by atoms with van der Waals surface area (Å²) in [6.45, 7) is 7.08. The van der Waals surface area contributed by atoms with Crippen molar-refractivity contribution in [1.29, 1.82) is 0 Å². The van der Waals surface area contributed by atoms with E-state index in [0.29, 0.717) is 13.2 Å². The fourth-order valence-electron chi connectivity index (χ4n) is 4.48. The second kappa shape index (κ2) is 6.50. The molecule has 4 heterocycles. The highest BCUT2D eigenvalue weighted by molar-refractivity contribution is 6.07. The molecule has 0 atom stereocenters. The van der Waals surface area contributed by atoms with Crippen molar-refractivity contribution in [2.75, 3.05) is 23.4 Å². The van der Waals surface area contributed by atoms with Crippen LogP contribution in [0.25, 0.3) is 0 Å². The average Bonchev–Trinajstić information content (AvgIpc) is 3.21. The van der Waals surface area contributed by atoms with Crippen LogP contribution in [0.5, 0.6) is 0 Å². The standard InChI is InChI=1S/C22H26N4O3/c1-21(2)17-5-4-8-23-19(17)26(20(21)27)16-11-15(12-16)25-18-7-6-14(13-24-18)22(3)28-9-10-29-22/h4-8,13,15-16H,9-12H2,1-3H3,(H,24,25). The summed E-state index contributed by atoms with van der Waals surface area (Å²) in [5.41, 5.74) is 1.42. The Kier molecular flexibility index (Phi) is 4.15. The fourth-order valence-corrected chi connectivity index (χ4v) is 4.48. The molecule has 1 saturated carbocycles. The number of ether oxygens (including phenoxy) is 2. The van der Waals surface area contributed by atoms with Crippen LogP contribution in [0.2, 0.25) is 0 Å². The Hall–Kier alpha value is -2.51. The minimum atomic E-state index is -0.698. The van der Waals surface area contributed by atoms with Gasteiger partial charge in [0.05, 0.1) is 18.6 Å². The molecule has 7 nitrogen and oxygen atoms in total. The highest BCUT2D eigenvalue weighted by Crippen LogP contribution is 2.44. The Labute approximate surface area is 170 Å². The Bertz CT molecular complexity index is 931. The highest BCUT2D eigenvalue weighted by Gasteiger charge is 2.50. The van der Waals surface area contributed by atoms with Crippen LogP contribution in [0.3, 0.4) is 0 Å². The van der Waals surface area contributed by atoms with Crippen molar-refractivity contribution < 1.29 is 14.3 Å². The number of carbonyl (C=O) groups is 1. The predicted molar refractivity (Wildman–Crippen MR) is 109 cm³/mol. The van der Waals surface area contributed by atoms with Gasteiger partial charge in [-0.3, -0.25) is 9.69 Å². The second-order valence-electron chi connectivity index (χ2n) is 8.72. The molecule has 5 rings (SSSR count). The van der Waals surface area contributed by atoms with Crippen molar-refractivity contribution in [3.05, 3.63) is 47.8 Å². The molecule has 2 aromatic rings. The molecule has 2 aliphatic heterocycles. The Morgan fingerprint density at radius 1 is 1.10 bits per heavy atom. The lowest BCUT2D eigenvalue weighted by molar-refractivity contribution is -0.149.